The van der Waals surface area contributed by atoms with Gasteiger partial charge in [0.25, 0.3) is 5.56 Å². The Kier molecular flexibility index (Phi) is 3.82. The fourth-order valence-electron chi connectivity index (χ4n) is 2.33. The van der Waals surface area contributed by atoms with Gasteiger partial charge in [0.15, 0.2) is 17.4 Å². The molecule has 118 valence electrons. The van der Waals surface area contributed by atoms with Crippen molar-refractivity contribution in [1.29, 1.82) is 0 Å². The zero-order valence-electron chi connectivity index (χ0n) is 11.0. The molecule has 0 aromatic carbocycles. The number of H-pyrrole nitrogens is 1. The highest BCUT2D eigenvalue weighted by atomic mass is 32.2. The predicted molar refractivity (Wildman–Crippen MR) is 76.7 cm³/mol. The molecule has 22 heavy (non-hydrogen) atoms. The van der Waals surface area contributed by atoms with E-state index in [1.165, 1.54) is 10.9 Å². The van der Waals surface area contributed by atoms with Gasteiger partial charge < -0.3 is 20.7 Å². The summed E-state index contributed by atoms with van der Waals surface area (Å²) in [6.45, 7) is 0. The van der Waals surface area contributed by atoms with Crippen molar-refractivity contribution in [2.24, 2.45) is 4.58 Å². The van der Waals surface area contributed by atoms with E-state index in [4.69, 9.17) is 10.5 Å². The fourth-order valence-corrected chi connectivity index (χ4v) is 2.81. The number of aromatic nitrogens is 4. The molecule has 0 radical (unpaired) electrons. The average Bonchev–Trinajstić information content (AvgIpc) is 3.00. The summed E-state index contributed by atoms with van der Waals surface area (Å²) >= 11 is 0.677. The summed E-state index contributed by atoms with van der Waals surface area (Å²) in [5.74, 6) is -0.0226. The highest BCUT2D eigenvalue weighted by Gasteiger charge is 2.44. The first-order valence-electron chi connectivity index (χ1n) is 6.21. The van der Waals surface area contributed by atoms with E-state index in [2.05, 4.69) is 19.5 Å². The average molecular weight is 328 g/mol. The van der Waals surface area contributed by atoms with Crippen LogP contribution in [0.5, 0.6) is 0 Å². The molecule has 2 aromatic rings. The van der Waals surface area contributed by atoms with Crippen LogP contribution in [0.3, 0.4) is 0 Å². The van der Waals surface area contributed by atoms with Gasteiger partial charge in [-0.15, -0.1) is 4.91 Å². The third-order valence-electron chi connectivity index (χ3n) is 3.35. The van der Waals surface area contributed by atoms with Crippen LogP contribution in [0.1, 0.15) is 6.23 Å². The van der Waals surface area contributed by atoms with Gasteiger partial charge in [-0.1, -0.05) is 0 Å². The molecule has 11 nitrogen and oxygen atoms in total. The van der Waals surface area contributed by atoms with Crippen molar-refractivity contribution in [2.75, 3.05) is 11.5 Å². The van der Waals surface area contributed by atoms with E-state index >= 15 is 0 Å². The number of nitrogens with zero attached hydrogens (tertiary/aromatic N) is 4. The second-order valence-electron chi connectivity index (χ2n) is 4.69. The summed E-state index contributed by atoms with van der Waals surface area (Å²) in [4.78, 5) is 32.0. The number of ether oxygens (including phenoxy) is 1. The van der Waals surface area contributed by atoms with Gasteiger partial charge in [-0.2, -0.15) is 4.98 Å². The van der Waals surface area contributed by atoms with Crippen LogP contribution in [0.2, 0.25) is 0 Å². The van der Waals surface area contributed by atoms with E-state index < -0.39 is 30.1 Å². The van der Waals surface area contributed by atoms with Gasteiger partial charge >= 0.3 is 0 Å². The molecule has 5 N–H and O–H groups in total. The Morgan fingerprint density at radius 3 is 3.00 bits per heavy atom. The largest absolute Gasteiger partial charge is 0.387 e. The van der Waals surface area contributed by atoms with Gasteiger partial charge in [0.05, 0.1) is 12.4 Å². The van der Waals surface area contributed by atoms with Gasteiger partial charge in [-0.05, 0) is 0 Å². The summed E-state index contributed by atoms with van der Waals surface area (Å²) in [7, 11) is 0. The molecule has 1 aliphatic heterocycles. The Balaban J connectivity index is 1.97. The smallest absolute Gasteiger partial charge is 0.280 e. The minimum Gasteiger partial charge on any atom is -0.387 e. The van der Waals surface area contributed by atoms with Crippen molar-refractivity contribution in [1.82, 2.24) is 19.5 Å². The van der Waals surface area contributed by atoms with E-state index in [9.17, 15) is 19.9 Å². The maximum absolute atomic E-state index is 11.7. The van der Waals surface area contributed by atoms with Gasteiger partial charge in [0.1, 0.15) is 12.2 Å². The second-order valence-corrected chi connectivity index (χ2v) is 5.43. The highest BCUT2D eigenvalue weighted by molar-refractivity contribution is 7.97. The number of nitrogens with one attached hydrogen (secondary N) is 1. The van der Waals surface area contributed by atoms with E-state index in [0.29, 0.717) is 11.9 Å². The first-order valence-corrected chi connectivity index (χ1v) is 7.15. The Hall–Kier alpha value is -2.02. The van der Waals surface area contributed by atoms with Gasteiger partial charge in [0.2, 0.25) is 5.95 Å². The molecule has 0 spiro atoms. The summed E-state index contributed by atoms with van der Waals surface area (Å²) in [5.41, 5.74) is 5.13. The lowest BCUT2D eigenvalue weighted by Gasteiger charge is -2.16. The zero-order chi connectivity index (χ0) is 15.9. The van der Waals surface area contributed by atoms with Crippen LogP contribution in [0.25, 0.3) is 11.2 Å². The van der Waals surface area contributed by atoms with Crippen molar-refractivity contribution >= 4 is 29.1 Å². The van der Waals surface area contributed by atoms with Crippen LogP contribution in [0, 0.1) is 4.91 Å². The Bertz CT molecular complexity index is 762. The lowest BCUT2D eigenvalue weighted by Crippen LogP contribution is -2.32. The van der Waals surface area contributed by atoms with E-state index in [0.717, 1.165) is 0 Å². The zero-order valence-corrected chi connectivity index (χ0v) is 11.8. The van der Waals surface area contributed by atoms with Crippen LogP contribution < -0.4 is 11.3 Å². The van der Waals surface area contributed by atoms with Crippen LogP contribution in [-0.2, 0) is 4.74 Å². The number of anilines is 1. The number of hydrogen-bond donors (Lipinski definition) is 4. The summed E-state index contributed by atoms with van der Waals surface area (Å²) in [6, 6.07) is 0. The molecular weight excluding hydrogens is 316 g/mol. The second kappa shape index (κ2) is 5.64. The lowest BCUT2D eigenvalue weighted by atomic mass is 10.1. The maximum Gasteiger partial charge on any atom is 0.280 e. The van der Waals surface area contributed by atoms with Gasteiger partial charge in [0, 0.05) is 22.3 Å². The van der Waals surface area contributed by atoms with Crippen LogP contribution in [0.15, 0.2) is 15.7 Å². The lowest BCUT2D eigenvalue weighted by molar-refractivity contribution is -0.0288. The number of fused-ring (bicyclic) bond motifs is 1. The van der Waals surface area contributed by atoms with Gasteiger partial charge in [-0.25, -0.2) is 4.98 Å². The number of aromatic amines is 1. The molecule has 0 amide bonds. The normalized spacial score (nSPS) is 28.3. The van der Waals surface area contributed by atoms with E-state index in [-0.39, 0.29) is 22.9 Å². The van der Waals surface area contributed by atoms with Crippen LogP contribution >= 0.6 is 11.9 Å². The molecule has 0 bridgehead atoms. The molecule has 0 unspecified atom stereocenters. The molecule has 1 fully saturated rings. The summed E-state index contributed by atoms with van der Waals surface area (Å²) in [6.07, 6.45) is -3.03. The third-order valence-corrected chi connectivity index (χ3v) is 3.94. The number of nitroso groups, excluding NO2 is 1. The van der Waals surface area contributed by atoms with E-state index in [1.54, 1.807) is 0 Å². The minimum absolute atomic E-state index is 0.0341. The molecule has 4 atom stereocenters. The molecule has 0 saturated carbocycles. The quantitative estimate of drug-likeness (QED) is 0.395. The number of imidazole rings is 1. The number of nitrogen functional groups attached to an aromatic ring is 1. The van der Waals surface area contributed by atoms with Crippen LogP contribution in [0.4, 0.5) is 5.95 Å². The number of aliphatic hydroxyl groups excluding tert-OH is 2. The molecular formula is C10H12N6O5S. The maximum atomic E-state index is 11.7. The minimum atomic E-state index is -1.28. The standard InChI is InChI=1S/C10H12N6O5S/c11-10-13-7-4(8(19)14-10)12-2-16(7)9-6(18)5(17)3(21-9)1-22-15-20/h2-3,5-6,9,17-18H,1H2,(H3,11,13,14,19)/t3-,5-,6-,9-/m1/s1. The first kappa shape index (κ1) is 14.9. The molecule has 1 aliphatic rings. The molecule has 3 heterocycles. The SMILES string of the molecule is Nc1nc2c(ncn2[C@@H]2O[C@H](CSN=O)[C@@H](O)[C@H]2O)c(=O)[nH]1. The molecule has 1 saturated heterocycles. The van der Waals surface area contributed by atoms with Gasteiger partial charge in [-0.3, -0.25) is 14.3 Å². The topological polar surface area (TPSA) is 169 Å². The summed E-state index contributed by atoms with van der Waals surface area (Å²) in [5, 5.41) is 20.1. The number of rotatable bonds is 4. The molecule has 3 rings (SSSR count). The highest BCUT2D eigenvalue weighted by Crippen LogP contribution is 2.32. The number of nitrogens with two attached hydrogens (primary N) is 1. The molecule has 2 aromatic heterocycles. The summed E-state index contributed by atoms with van der Waals surface area (Å²) < 4.78 is 9.46. The van der Waals surface area contributed by atoms with Crippen molar-refractivity contribution in [3.05, 3.63) is 21.6 Å². The third kappa shape index (κ3) is 2.35. The molecule has 12 heteroatoms. The number of aliphatic hydroxyl groups is 2. The van der Waals surface area contributed by atoms with E-state index in [1.807, 2.05) is 0 Å². The predicted octanol–water partition coefficient (Wildman–Crippen LogP) is -1.26. The fraction of sp³-hybridized carbons (Fsp3) is 0.500. The van der Waals surface area contributed by atoms with Crippen molar-refractivity contribution in [2.45, 2.75) is 24.5 Å². The van der Waals surface area contributed by atoms with Crippen molar-refractivity contribution in [3.63, 3.8) is 0 Å². The first-order chi connectivity index (χ1) is 10.5. The van der Waals surface area contributed by atoms with Crippen molar-refractivity contribution in [3.8, 4) is 0 Å². The van der Waals surface area contributed by atoms with Crippen molar-refractivity contribution < 1.29 is 14.9 Å². The Labute approximate surface area is 126 Å². The monoisotopic (exact) mass is 328 g/mol. The Morgan fingerprint density at radius 2 is 2.27 bits per heavy atom. The molecule has 0 aliphatic carbocycles. The van der Waals surface area contributed by atoms with Crippen LogP contribution in [-0.4, -0.2) is 53.8 Å². The Morgan fingerprint density at radius 1 is 1.50 bits per heavy atom. The number of hydrogen-bond acceptors (Lipinski definition) is 10.